The average molecular weight is 432 g/mol. The van der Waals surface area contributed by atoms with Gasteiger partial charge in [-0.1, -0.05) is 30.3 Å². The average Bonchev–Trinajstić information content (AvgIpc) is 2.77. The SMILES string of the molecule is O=c1cc(-c2ccccc2)oc2cc(O[C@H]3O[C@@H](CO)[C@H](O)[C@@H](O)[C@@H]3O)c(O)c(O)c12. The molecular formula is C21H20O10. The van der Waals surface area contributed by atoms with E-state index in [4.69, 9.17) is 13.9 Å². The largest absolute Gasteiger partial charge is 0.504 e. The van der Waals surface area contributed by atoms with Gasteiger partial charge in [-0.15, -0.1) is 0 Å². The van der Waals surface area contributed by atoms with Crippen LogP contribution in [0.3, 0.4) is 0 Å². The second kappa shape index (κ2) is 8.17. The summed E-state index contributed by atoms with van der Waals surface area (Å²) in [7, 11) is 0. The zero-order valence-corrected chi connectivity index (χ0v) is 16.0. The fourth-order valence-electron chi connectivity index (χ4n) is 3.39. The molecule has 0 amide bonds. The summed E-state index contributed by atoms with van der Waals surface area (Å²) >= 11 is 0. The molecule has 2 aromatic carbocycles. The summed E-state index contributed by atoms with van der Waals surface area (Å²) in [5.74, 6) is -1.82. The predicted molar refractivity (Wildman–Crippen MR) is 106 cm³/mol. The summed E-state index contributed by atoms with van der Waals surface area (Å²) in [5.41, 5.74) is -0.112. The van der Waals surface area contributed by atoms with Crippen LogP contribution in [0.1, 0.15) is 0 Å². The molecule has 6 N–H and O–H groups in total. The number of phenolic OH excluding ortho intramolecular Hbond substituents is 2. The molecule has 31 heavy (non-hydrogen) atoms. The van der Waals surface area contributed by atoms with Crippen LogP contribution in [-0.2, 0) is 4.74 Å². The number of hydrogen-bond acceptors (Lipinski definition) is 10. The van der Waals surface area contributed by atoms with Crippen LogP contribution in [0.25, 0.3) is 22.3 Å². The summed E-state index contributed by atoms with van der Waals surface area (Å²) < 4.78 is 16.4. The van der Waals surface area contributed by atoms with Gasteiger partial charge in [0, 0.05) is 17.7 Å². The lowest BCUT2D eigenvalue weighted by Gasteiger charge is -2.39. The fraction of sp³-hybridized carbons (Fsp3) is 0.286. The topological polar surface area (TPSA) is 170 Å². The summed E-state index contributed by atoms with van der Waals surface area (Å²) in [6.45, 7) is -0.672. The zero-order valence-electron chi connectivity index (χ0n) is 16.0. The molecule has 2 heterocycles. The Balaban J connectivity index is 1.76. The van der Waals surface area contributed by atoms with E-state index < -0.39 is 60.0 Å². The van der Waals surface area contributed by atoms with Crippen LogP contribution < -0.4 is 10.2 Å². The molecule has 0 bridgehead atoms. The van der Waals surface area contributed by atoms with Crippen molar-refractivity contribution >= 4 is 11.0 Å². The van der Waals surface area contributed by atoms with Gasteiger partial charge in [0.1, 0.15) is 41.1 Å². The van der Waals surface area contributed by atoms with Crippen LogP contribution in [0.15, 0.2) is 51.7 Å². The molecule has 3 aromatic rings. The minimum absolute atomic E-state index is 0.110. The van der Waals surface area contributed by atoms with Gasteiger partial charge in [-0.2, -0.15) is 0 Å². The molecule has 1 aromatic heterocycles. The van der Waals surface area contributed by atoms with Crippen LogP contribution >= 0.6 is 0 Å². The van der Waals surface area contributed by atoms with E-state index in [9.17, 15) is 35.4 Å². The second-order valence-corrected chi connectivity index (χ2v) is 7.10. The fourth-order valence-corrected chi connectivity index (χ4v) is 3.39. The van der Waals surface area contributed by atoms with Gasteiger partial charge in [-0.25, -0.2) is 0 Å². The molecule has 1 aliphatic heterocycles. The summed E-state index contributed by atoms with van der Waals surface area (Å²) in [6.07, 6.45) is -7.87. The quantitative estimate of drug-likeness (QED) is 0.310. The van der Waals surface area contributed by atoms with Crippen molar-refractivity contribution in [3.05, 3.63) is 52.7 Å². The molecule has 0 radical (unpaired) electrons. The third-order valence-corrected chi connectivity index (χ3v) is 5.08. The van der Waals surface area contributed by atoms with Crippen molar-refractivity contribution < 1.29 is 44.5 Å². The number of benzene rings is 2. The van der Waals surface area contributed by atoms with E-state index in [1.165, 1.54) is 6.07 Å². The zero-order chi connectivity index (χ0) is 22.3. The Morgan fingerprint density at radius 1 is 0.935 bits per heavy atom. The van der Waals surface area contributed by atoms with Crippen molar-refractivity contribution in [1.29, 1.82) is 0 Å². The Hall–Kier alpha value is -3.15. The second-order valence-electron chi connectivity index (χ2n) is 7.10. The Labute approximate surface area is 174 Å². The van der Waals surface area contributed by atoms with Gasteiger partial charge in [-0.3, -0.25) is 4.79 Å². The number of aromatic hydroxyl groups is 2. The Kier molecular flexibility index (Phi) is 5.56. The van der Waals surface area contributed by atoms with Gasteiger partial charge < -0.3 is 44.5 Å². The number of phenols is 2. The van der Waals surface area contributed by atoms with E-state index in [-0.39, 0.29) is 16.7 Å². The molecule has 1 saturated heterocycles. The van der Waals surface area contributed by atoms with E-state index >= 15 is 0 Å². The van der Waals surface area contributed by atoms with E-state index in [2.05, 4.69) is 0 Å². The molecule has 4 rings (SSSR count). The van der Waals surface area contributed by atoms with Crippen molar-refractivity contribution in [2.75, 3.05) is 6.61 Å². The normalized spacial score (nSPS) is 26.1. The lowest BCUT2D eigenvalue weighted by molar-refractivity contribution is -0.277. The smallest absolute Gasteiger partial charge is 0.229 e. The first-order valence-electron chi connectivity index (χ1n) is 9.37. The van der Waals surface area contributed by atoms with Gasteiger partial charge in [0.15, 0.2) is 16.9 Å². The van der Waals surface area contributed by atoms with Crippen molar-refractivity contribution in [2.24, 2.45) is 0 Å². The third-order valence-electron chi connectivity index (χ3n) is 5.08. The third kappa shape index (κ3) is 3.71. The molecule has 1 aliphatic rings. The van der Waals surface area contributed by atoms with Crippen LogP contribution in [0, 0.1) is 0 Å². The maximum absolute atomic E-state index is 12.5. The lowest BCUT2D eigenvalue weighted by Crippen LogP contribution is -2.60. The molecule has 5 atom stereocenters. The van der Waals surface area contributed by atoms with E-state index in [0.717, 1.165) is 6.07 Å². The highest BCUT2D eigenvalue weighted by atomic mass is 16.7. The molecular weight excluding hydrogens is 412 g/mol. The molecule has 0 unspecified atom stereocenters. The van der Waals surface area contributed by atoms with Crippen molar-refractivity contribution in [3.8, 4) is 28.6 Å². The lowest BCUT2D eigenvalue weighted by atomic mass is 9.99. The molecule has 10 heteroatoms. The van der Waals surface area contributed by atoms with Crippen LogP contribution in [-0.4, -0.2) is 68.0 Å². The molecule has 0 saturated carbocycles. The molecule has 0 aliphatic carbocycles. The van der Waals surface area contributed by atoms with Gasteiger partial charge in [-0.05, 0) is 0 Å². The van der Waals surface area contributed by atoms with Crippen molar-refractivity contribution in [2.45, 2.75) is 30.7 Å². The monoisotopic (exact) mass is 432 g/mol. The predicted octanol–water partition coefficient (Wildman–Crippen LogP) is 0.0499. The maximum Gasteiger partial charge on any atom is 0.229 e. The highest BCUT2D eigenvalue weighted by Gasteiger charge is 2.45. The number of fused-ring (bicyclic) bond motifs is 1. The standard InChI is InChI=1S/C21H20O10/c22-8-14-17(25)19(27)20(28)21(31-14)30-13-7-12-15(18(26)16(13)24)10(23)6-11(29-12)9-4-2-1-3-5-9/h1-7,14,17,19-22,24-28H,8H2/t14-,17-,19+,20-,21-/m0/s1. The molecule has 164 valence electrons. The van der Waals surface area contributed by atoms with Crippen LogP contribution in [0.5, 0.6) is 17.2 Å². The van der Waals surface area contributed by atoms with Gasteiger partial charge in [0.2, 0.25) is 12.0 Å². The first-order valence-corrected chi connectivity index (χ1v) is 9.37. The van der Waals surface area contributed by atoms with E-state index in [1.54, 1.807) is 30.3 Å². The van der Waals surface area contributed by atoms with Gasteiger partial charge in [0.05, 0.1) is 6.61 Å². The number of rotatable bonds is 4. The number of aliphatic hydroxyl groups is 4. The number of ether oxygens (including phenoxy) is 2. The summed E-state index contributed by atoms with van der Waals surface area (Å²) in [5, 5.41) is 59.6. The number of hydrogen-bond donors (Lipinski definition) is 6. The molecule has 1 fully saturated rings. The minimum Gasteiger partial charge on any atom is -0.504 e. The van der Waals surface area contributed by atoms with Crippen LogP contribution in [0.2, 0.25) is 0 Å². The summed E-state index contributed by atoms with van der Waals surface area (Å²) in [6, 6.07) is 11.0. The summed E-state index contributed by atoms with van der Waals surface area (Å²) in [4.78, 5) is 12.5. The first-order chi connectivity index (χ1) is 14.8. The Morgan fingerprint density at radius 2 is 1.65 bits per heavy atom. The van der Waals surface area contributed by atoms with Gasteiger partial charge in [0.25, 0.3) is 0 Å². The first kappa shape index (κ1) is 21.1. The van der Waals surface area contributed by atoms with E-state index in [0.29, 0.717) is 5.56 Å². The highest BCUT2D eigenvalue weighted by Crippen LogP contribution is 2.42. The minimum atomic E-state index is -1.74. The maximum atomic E-state index is 12.5. The molecule has 0 spiro atoms. The Bertz CT molecular complexity index is 1140. The van der Waals surface area contributed by atoms with Crippen LogP contribution in [0.4, 0.5) is 0 Å². The van der Waals surface area contributed by atoms with Crippen molar-refractivity contribution in [3.63, 3.8) is 0 Å². The number of aliphatic hydroxyl groups excluding tert-OH is 4. The highest BCUT2D eigenvalue weighted by molar-refractivity contribution is 5.89. The van der Waals surface area contributed by atoms with Gasteiger partial charge >= 0.3 is 0 Å². The van der Waals surface area contributed by atoms with E-state index in [1.807, 2.05) is 0 Å². The van der Waals surface area contributed by atoms with Crippen molar-refractivity contribution in [1.82, 2.24) is 0 Å². The molecule has 10 nitrogen and oxygen atoms in total. The Morgan fingerprint density at radius 3 is 2.32 bits per heavy atom.